The van der Waals surface area contributed by atoms with E-state index in [9.17, 15) is 13.2 Å². The van der Waals surface area contributed by atoms with Gasteiger partial charge in [-0.15, -0.1) is 0 Å². The number of rotatable bonds is 5. The third-order valence-electron chi connectivity index (χ3n) is 6.47. The van der Waals surface area contributed by atoms with Crippen LogP contribution in [0.2, 0.25) is 0 Å². The van der Waals surface area contributed by atoms with Gasteiger partial charge in [-0.2, -0.15) is 5.26 Å². The second-order valence-electron chi connectivity index (χ2n) is 8.86. The van der Waals surface area contributed by atoms with E-state index >= 15 is 0 Å². The minimum absolute atomic E-state index is 0.108. The summed E-state index contributed by atoms with van der Waals surface area (Å²) in [6, 6.07) is 14.4. The van der Waals surface area contributed by atoms with Crippen molar-refractivity contribution < 1.29 is 17.9 Å². The van der Waals surface area contributed by atoms with E-state index in [1.807, 2.05) is 17.0 Å². The first kappa shape index (κ1) is 25.0. The van der Waals surface area contributed by atoms with Crippen LogP contribution >= 0.6 is 0 Å². The minimum Gasteiger partial charge on any atom is -0.378 e. The number of carbonyl (C=O) groups is 1. The summed E-state index contributed by atoms with van der Waals surface area (Å²) in [4.78, 5) is 20.0. The van der Waals surface area contributed by atoms with Crippen molar-refractivity contribution in [2.45, 2.75) is 11.3 Å². The maximum absolute atomic E-state index is 13.8. The second-order valence-corrected chi connectivity index (χ2v) is 11.0. The summed E-state index contributed by atoms with van der Waals surface area (Å²) in [5, 5.41) is 9.05. The number of morpholine rings is 1. The van der Waals surface area contributed by atoms with E-state index in [2.05, 4.69) is 15.9 Å². The fourth-order valence-electron chi connectivity index (χ4n) is 4.43. The standard InChI is InChI=1S/C25H31N5O4S/c1-27(2)35(32,33)22-8-9-24(29-14-16-34-17-15-29)23(18-22)25(31)30-11-3-10-28(12-13-30)21-6-4-20(19-26)5-7-21/h4-9,18H,3,10-17H2,1-2H3. The fourth-order valence-corrected chi connectivity index (χ4v) is 5.36. The Morgan fingerprint density at radius 3 is 2.31 bits per heavy atom. The average molecular weight is 498 g/mol. The lowest BCUT2D eigenvalue weighted by atomic mass is 10.1. The molecule has 186 valence electrons. The molecule has 0 spiro atoms. The summed E-state index contributed by atoms with van der Waals surface area (Å²) < 4.78 is 32.3. The van der Waals surface area contributed by atoms with Gasteiger partial charge in [0.05, 0.1) is 35.3 Å². The van der Waals surface area contributed by atoms with Gasteiger partial charge in [0.2, 0.25) is 10.0 Å². The van der Waals surface area contributed by atoms with Crippen molar-refractivity contribution in [3.05, 3.63) is 53.6 Å². The molecule has 2 fully saturated rings. The molecule has 0 aromatic heterocycles. The van der Waals surface area contributed by atoms with Crippen LogP contribution in [-0.2, 0) is 14.8 Å². The Morgan fingerprint density at radius 1 is 0.943 bits per heavy atom. The fraction of sp³-hybridized carbons (Fsp3) is 0.440. The number of anilines is 2. The van der Waals surface area contributed by atoms with Gasteiger partial charge >= 0.3 is 0 Å². The molecule has 2 aromatic rings. The van der Waals surface area contributed by atoms with Crippen molar-refractivity contribution in [1.82, 2.24) is 9.21 Å². The van der Waals surface area contributed by atoms with Crippen molar-refractivity contribution in [1.29, 1.82) is 5.26 Å². The molecule has 2 saturated heterocycles. The minimum atomic E-state index is -3.68. The molecule has 10 heteroatoms. The summed E-state index contributed by atoms with van der Waals surface area (Å²) >= 11 is 0. The smallest absolute Gasteiger partial charge is 0.256 e. The van der Waals surface area contributed by atoms with Crippen LogP contribution in [0.4, 0.5) is 11.4 Å². The van der Waals surface area contributed by atoms with E-state index in [0.29, 0.717) is 57.1 Å². The van der Waals surface area contributed by atoms with Gasteiger partial charge in [0.1, 0.15) is 0 Å². The van der Waals surface area contributed by atoms with Crippen molar-refractivity contribution >= 4 is 27.3 Å². The number of nitrogens with zero attached hydrogens (tertiary/aromatic N) is 5. The van der Waals surface area contributed by atoms with Crippen LogP contribution in [0.15, 0.2) is 47.4 Å². The van der Waals surface area contributed by atoms with Gasteiger partial charge in [-0.05, 0) is 48.9 Å². The monoisotopic (exact) mass is 497 g/mol. The van der Waals surface area contributed by atoms with Gasteiger partial charge in [0.15, 0.2) is 0 Å². The molecule has 2 heterocycles. The highest BCUT2D eigenvalue weighted by Gasteiger charge is 2.28. The Bertz CT molecular complexity index is 1200. The number of carbonyl (C=O) groups excluding carboxylic acids is 1. The molecule has 2 aromatic carbocycles. The quantitative estimate of drug-likeness (QED) is 0.623. The van der Waals surface area contributed by atoms with Gasteiger partial charge in [0.25, 0.3) is 5.91 Å². The second kappa shape index (κ2) is 10.6. The van der Waals surface area contributed by atoms with Crippen LogP contribution in [0.1, 0.15) is 22.3 Å². The topological polar surface area (TPSA) is 97.2 Å². The molecule has 0 N–H and O–H groups in total. The average Bonchev–Trinajstić information content (AvgIpc) is 3.15. The Hall–Kier alpha value is -3.13. The third kappa shape index (κ3) is 5.42. The zero-order valence-corrected chi connectivity index (χ0v) is 21.0. The maximum atomic E-state index is 13.8. The summed E-state index contributed by atoms with van der Waals surface area (Å²) in [5.41, 5.74) is 2.78. The predicted octanol–water partition coefficient (Wildman–Crippen LogP) is 2.00. The zero-order chi connectivity index (χ0) is 25.0. The maximum Gasteiger partial charge on any atom is 0.256 e. The van der Waals surface area contributed by atoms with Crippen molar-refractivity contribution in [3.8, 4) is 6.07 Å². The van der Waals surface area contributed by atoms with Gasteiger partial charge in [0, 0.05) is 64.7 Å². The summed E-state index contributed by atoms with van der Waals surface area (Å²) in [6.45, 7) is 4.97. The molecule has 0 saturated carbocycles. The van der Waals surface area contributed by atoms with Crippen molar-refractivity contribution in [3.63, 3.8) is 0 Å². The Morgan fingerprint density at radius 2 is 1.66 bits per heavy atom. The van der Waals surface area contributed by atoms with E-state index in [4.69, 9.17) is 10.00 Å². The number of amides is 1. The van der Waals surface area contributed by atoms with E-state index in [0.717, 1.165) is 28.6 Å². The number of benzene rings is 2. The number of hydrogen-bond donors (Lipinski definition) is 0. The molecule has 2 aliphatic heterocycles. The summed E-state index contributed by atoms with van der Waals surface area (Å²) in [5.74, 6) is -0.163. The van der Waals surface area contributed by atoms with Gasteiger partial charge in [-0.3, -0.25) is 4.79 Å². The number of sulfonamides is 1. The summed E-state index contributed by atoms with van der Waals surface area (Å²) in [6.07, 6.45) is 0.786. The first-order valence-corrected chi connectivity index (χ1v) is 13.2. The molecular formula is C25H31N5O4S. The molecule has 35 heavy (non-hydrogen) atoms. The van der Waals surface area contributed by atoms with Crippen LogP contribution in [-0.4, -0.2) is 90.1 Å². The molecule has 0 unspecified atom stereocenters. The van der Waals surface area contributed by atoms with Crippen LogP contribution in [0.3, 0.4) is 0 Å². The SMILES string of the molecule is CN(C)S(=O)(=O)c1ccc(N2CCOCC2)c(C(=O)N2CCCN(c3ccc(C#N)cc3)CC2)c1. The van der Waals surface area contributed by atoms with E-state index in [1.54, 1.807) is 24.3 Å². The van der Waals surface area contributed by atoms with Crippen LogP contribution < -0.4 is 9.80 Å². The highest BCUT2D eigenvalue weighted by Crippen LogP contribution is 2.28. The Kier molecular flexibility index (Phi) is 7.60. The molecule has 0 bridgehead atoms. The third-order valence-corrected chi connectivity index (χ3v) is 8.28. The highest BCUT2D eigenvalue weighted by molar-refractivity contribution is 7.89. The van der Waals surface area contributed by atoms with Gasteiger partial charge in [-0.25, -0.2) is 12.7 Å². The predicted molar refractivity (Wildman–Crippen MR) is 134 cm³/mol. The largest absolute Gasteiger partial charge is 0.378 e. The van der Waals surface area contributed by atoms with E-state index in [-0.39, 0.29) is 10.8 Å². The highest BCUT2D eigenvalue weighted by atomic mass is 32.2. The molecule has 0 aliphatic carbocycles. The molecule has 4 rings (SSSR count). The number of ether oxygens (including phenoxy) is 1. The molecule has 0 atom stereocenters. The van der Waals surface area contributed by atoms with Crippen LogP contribution in [0, 0.1) is 11.3 Å². The number of hydrogen-bond acceptors (Lipinski definition) is 7. The Balaban J connectivity index is 1.60. The molecular weight excluding hydrogens is 466 g/mol. The Labute approximate surface area is 207 Å². The molecule has 9 nitrogen and oxygen atoms in total. The van der Waals surface area contributed by atoms with Crippen molar-refractivity contribution in [2.24, 2.45) is 0 Å². The lowest BCUT2D eigenvalue weighted by Gasteiger charge is -2.32. The zero-order valence-electron chi connectivity index (χ0n) is 20.2. The van der Waals surface area contributed by atoms with Gasteiger partial charge in [-0.1, -0.05) is 0 Å². The lowest BCUT2D eigenvalue weighted by Crippen LogP contribution is -2.39. The first-order valence-electron chi connectivity index (χ1n) is 11.7. The molecule has 2 aliphatic rings. The molecule has 1 amide bonds. The summed E-state index contributed by atoms with van der Waals surface area (Å²) in [7, 11) is -0.710. The normalized spacial score (nSPS) is 17.3. The lowest BCUT2D eigenvalue weighted by molar-refractivity contribution is 0.0766. The number of nitriles is 1. The molecule has 0 radical (unpaired) electrons. The van der Waals surface area contributed by atoms with Crippen LogP contribution in [0.25, 0.3) is 0 Å². The van der Waals surface area contributed by atoms with E-state index in [1.165, 1.54) is 20.2 Å². The van der Waals surface area contributed by atoms with Gasteiger partial charge < -0.3 is 19.4 Å². The van der Waals surface area contributed by atoms with Crippen LogP contribution in [0.5, 0.6) is 0 Å². The van der Waals surface area contributed by atoms with E-state index < -0.39 is 10.0 Å². The van der Waals surface area contributed by atoms with Crippen molar-refractivity contribution in [2.75, 3.05) is 76.4 Å². The first-order chi connectivity index (χ1) is 16.8.